The number of aromatic nitrogens is 2. The number of carbonyl (C=O) groups is 1. The van der Waals surface area contributed by atoms with E-state index in [4.69, 9.17) is 0 Å². The maximum absolute atomic E-state index is 12.7. The molecule has 1 amide bonds. The van der Waals surface area contributed by atoms with Crippen LogP contribution in [0.3, 0.4) is 0 Å². The summed E-state index contributed by atoms with van der Waals surface area (Å²) in [6, 6.07) is 12.8. The van der Waals surface area contributed by atoms with Gasteiger partial charge in [-0.3, -0.25) is 14.7 Å². The number of carbonyl (C=O) groups excluding carboxylic acids is 1. The summed E-state index contributed by atoms with van der Waals surface area (Å²) in [5, 5.41) is 1.10. The third-order valence-electron chi connectivity index (χ3n) is 5.14. The monoisotopic (exact) mass is 430 g/mol. The van der Waals surface area contributed by atoms with Gasteiger partial charge in [0.25, 0.3) is 5.91 Å². The van der Waals surface area contributed by atoms with Gasteiger partial charge in [0.05, 0.1) is 11.1 Å². The molecule has 0 spiro atoms. The van der Waals surface area contributed by atoms with Crippen molar-refractivity contribution in [1.29, 1.82) is 0 Å². The molecule has 1 fully saturated rings. The molecule has 4 rings (SSSR count). The smallest absolute Gasteiger partial charge is 0.422 e. The molecule has 162 valence electrons. The van der Waals surface area contributed by atoms with Crippen molar-refractivity contribution < 1.29 is 22.7 Å². The lowest BCUT2D eigenvalue weighted by atomic mass is 10.1. The molecule has 2 aromatic heterocycles. The third kappa shape index (κ3) is 5.29. The summed E-state index contributed by atoms with van der Waals surface area (Å²) in [6.07, 6.45) is -1.39. The zero-order valence-corrected chi connectivity index (χ0v) is 16.7. The highest BCUT2D eigenvalue weighted by molar-refractivity contribution is 5.94. The van der Waals surface area contributed by atoms with Gasteiger partial charge >= 0.3 is 6.18 Å². The topological polar surface area (TPSA) is 58.6 Å². The number of halogens is 3. The van der Waals surface area contributed by atoms with Crippen molar-refractivity contribution in [3.05, 3.63) is 66.0 Å². The molecule has 0 N–H and O–H groups in total. The van der Waals surface area contributed by atoms with Crippen LogP contribution in [-0.4, -0.2) is 64.6 Å². The van der Waals surface area contributed by atoms with Gasteiger partial charge in [0.15, 0.2) is 6.61 Å². The fraction of sp³-hybridized carbons (Fsp3) is 0.318. The minimum absolute atomic E-state index is 0.164. The molecular weight excluding hydrogens is 409 g/mol. The van der Waals surface area contributed by atoms with Crippen LogP contribution < -0.4 is 4.74 Å². The number of benzene rings is 1. The minimum atomic E-state index is -4.43. The SMILES string of the molecule is O=C(c1ccc(OCC(F)(F)F)nc1)N1CCN(Cc2cccc3cccnc23)CC1. The van der Waals surface area contributed by atoms with Gasteiger partial charge in [-0.2, -0.15) is 13.2 Å². The van der Waals surface area contributed by atoms with E-state index in [2.05, 4.69) is 25.7 Å². The van der Waals surface area contributed by atoms with Crippen molar-refractivity contribution in [3.63, 3.8) is 0 Å². The number of nitrogens with zero attached hydrogens (tertiary/aromatic N) is 4. The van der Waals surface area contributed by atoms with E-state index in [1.165, 1.54) is 18.3 Å². The fourth-order valence-corrected chi connectivity index (χ4v) is 3.58. The Morgan fingerprint density at radius 1 is 1.00 bits per heavy atom. The second-order valence-corrected chi connectivity index (χ2v) is 7.35. The molecule has 0 atom stereocenters. The number of hydrogen-bond donors (Lipinski definition) is 0. The minimum Gasteiger partial charge on any atom is -0.468 e. The Morgan fingerprint density at radius 3 is 2.48 bits per heavy atom. The molecule has 0 radical (unpaired) electrons. The largest absolute Gasteiger partial charge is 0.468 e. The molecule has 0 unspecified atom stereocenters. The number of pyridine rings is 2. The van der Waals surface area contributed by atoms with Crippen molar-refractivity contribution in [2.75, 3.05) is 32.8 Å². The number of piperazine rings is 1. The van der Waals surface area contributed by atoms with Gasteiger partial charge in [-0.15, -0.1) is 0 Å². The van der Waals surface area contributed by atoms with Crippen LogP contribution in [0.5, 0.6) is 5.88 Å². The van der Waals surface area contributed by atoms with Crippen molar-refractivity contribution >= 4 is 16.8 Å². The summed E-state index contributed by atoms with van der Waals surface area (Å²) in [6.45, 7) is 1.89. The number of amides is 1. The van der Waals surface area contributed by atoms with E-state index in [0.717, 1.165) is 36.1 Å². The predicted octanol–water partition coefficient (Wildman–Crippen LogP) is 3.53. The van der Waals surface area contributed by atoms with Crippen LogP contribution in [0, 0.1) is 0 Å². The number of alkyl halides is 3. The Morgan fingerprint density at radius 2 is 1.77 bits per heavy atom. The molecule has 0 bridgehead atoms. The van der Waals surface area contributed by atoms with Crippen LogP contribution in [0.4, 0.5) is 13.2 Å². The maximum Gasteiger partial charge on any atom is 0.422 e. The van der Waals surface area contributed by atoms with E-state index in [1.54, 1.807) is 11.1 Å². The number of ether oxygens (including phenoxy) is 1. The van der Waals surface area contributed by atoms with E-state index in [9.17, 15) is 18.0 Å². The van der Waals surface area contributed by atoms with Gasteiger partial charge < -0.3 is 9.64 Å². The number of para-hydroxylation sites is 1. The molecule has 3 aromatic rings. The molecule has 1 aromatic carbocycles. The van der Waals surface area contributed by atoms with E-state index in [0.29, 0.717) is 18.7 Å². The van der Waals surface area contributed by atoms with E-state index in [1.807, 2.05) is 24.3 Å². The van der Waals surface area contributed by atoms with Crippen LogP contribution in [0.1, 0.15) is 15.9 Å². The fourth-order valence-electron chi connectivity index (χ4n) is 3.58. The van der Waals surface area contributed by atoms with E-state index >= 15 is 0 Å². The predicted molar refractivity (Wildman–Crippen MR) is 109 cm³/mol. The van der Waals surface area contributed by atoms with Crippen LogP contribution in [0.25, 0.3) is 10.9 Å². The third-order valence-corrected chi connectivity index (χ3v) is 5.14. The van der Waals surface area contributed by atoms with Crippen LogP contribution in [0.15, 0.2) is 54.9 Å². The molecule has 3 heterocycles. The zero-order chi connectivity index (χ0) is 21.8. The Hall–Kier alpha value is -3.20. The summed E-state index contributed by atoms with van der Waals surface area (Å²) in [5.74, 6) is -0.358. The van der Waals surface area contributed by atoms with Gasteiger partial charge in [0.2, 0.25) is 5.88 Å². The highest BCUT2D eigenvalue weighted by Crippen LogP contribution is 2.20. The van der Waals surface area contributed by atoms with Crippen molar-refractivity contribution in [2.45, 2.75) is 12.7 Å². The van der Waals surface area contributed by atoms with Crippen molar-refractivity contribution in [1.82, 2.24) is 19.8 Å². The molecule has 31 heavy (non-hydrogen) atoms. The first-order valence-electron chi connectivity index (χ1n) is 9.89. The van der Waals surface area contributed by atoms with Crippen LogP contribution in [-0.2, 0) is 6.54 Å². The number of hydrogen-bond acceptors (Lipinski definition) is 5. The molecule has 0 saturated carbocycles. The van der Waals surface area contributed by atoms with Crippen LogP contribution >= 0.6 is 0 Å². The van der Waals surface area contributed by atoms with Crippen LogP contribution in [0.2, 0.25) is 0 Å². The summed E-state index contributed by atoms with van der Waals surface area (Å²) in [4.78, 5) is 25.0. The number of fused-ring (bicyclic) bond motifs is 1. The van der Waals surface area contributed by atoms with Crippen molar-refractivity contribution in [2.24, 2.45) is 0 Å². The Balaban J connectivity index is 1.32. The summed E-state index contributed by atoms with van der Waals surface area (Å²) in [7, 11) is 0. The summed E-state index contributed by atoms with van der Waals surface area (Å²) in [5.41, 5.74) is 2.46. The van der Waals surface area contributed by atoms with Gasteiger partial charge in [-0.05, 0) is 17.7 Å². The molecule has 6 nitrogen and oxygen atoms in total. The second kappa shape index (κ2) is 8.89. The first kappa shape index (κ1) is 21.0. The molecule has 0 aliphatic carbocycles. The maximum atomic E-state index is 12.7. The Bertz CT molecular complexity index is 1040. The first-order valence-corrected chi connectivity index (χ1v) is 9.89. The Kier molecular flexibility index (Phi) is 6.03. The lowest BCUT2D eigenvalue weighted by Crippen LogP contribution is -2.48. The molecule has 1 saturated heterocycles. The summed E-state index contributed by atoms with van der Waals surface area (Å²) >= 11 is 0. The molecule has 1 aliphatic heterocycles. The quantitative estimate of drug-likeness (QED) is 0.620. The standard InChI is InChI=1S/C22H21F3N4O2/c23-22(24,25)15-31-19-7-6-17(13-27-19)21(30)29-11-9-28(10-12-29)14-18-4-1-3-16-5-2-8-26-20(16)18/h1-8,13H,9-12,14-15H2. The Labute approximate surface area is 177 Å². The van der Waals surface area contributed by atoms with E-state index < -0.39 is 12.8 Å². The van der Waals surface area contributed by atoms with Gasteiger partial charge in [-0.1, -0.05) is 24.3 Å². The average Bonchev–Trinajstić information content (AvgIpc) is 2.78. The van der Waals surface area contributed by atoms with Crippen molar-refractivity contribution in [3.8, 4) is 5.88 Å². The zero-order valence-electron chi connectivity index (χ0n) is 16.7. The van der Waals surface area contributed by atoms with Gasteiger partial charge in [0, 0.05) is 56.6 Å². The van der Waals surface area contributed by atoms with E-state index in [-0.39, 0.29) is 11.8 Å². The molecule has 1 aliphatic rings. The lowest BCUT2D eigenvalue weighted by Gasteiger charge is -2.34. The highest BCUT2D eigenvalue weighted by atomic mass is 19.4. The lowest BCUT2D eigenvalue weighted by molar-refractivity contribution is -0.154. The summed E-state index contributed by atoms with van der Waals surface area (Å²) < 4.78 is 41.2. The number of rotatable bonds is 5. The highest BCUT2D eigenvalue weighted by Gasteiger charge is 2.29. The normalized spacial score (nSPS) is 15.3. The second-order valence-electron chi connectivity index (χ2n) is 7.35. The average molecular weight is 430 g/mol. The molecular formula is C22H21F3N4O2. The van der Waals surface area contributed by atoms with Gasteiger partial charge in [-0.25, -0.2) is 4.98 Å². The molecule has 9 heteroatoms. The first-order chi connectivity index (χ1) is 14.9. The van der Waals surface area contributed by atoms with Gasteiger partial charge in [0.1, 0.15) is 0 Å².